The zero-order chi connectivity index (χ0) is 26.7. The van der Waals surface area contributed by atoms with E-state index in [9.17, 15) is 9.59 Å². The Labute approximate surface area is 226 Å². The van der Waals surface area contributed by atoms with Gasteiger partial charge in [0.2, 0.25) is 11.8 Å². The van der Waals surface area contributed by atoms with E-state index in [0.717, 1.165) is 46.6 Å². The van der Waals surface area contributed by atoms with Crippen LogP contribution in [-0.2, 0) is 29.0 Å². The van der Waals surface area contributed by atoms with Crippen LogP contribution in [0.3, 0.4) is 0 Å². The zero-order valence-electron chi connectivity index (χ0n) is 22.4. The fourth-order valence-corrected chi connectivity index (χ4v) is 4.71. The van der Waals surface area contributed by atoms with Crippen LogP contribution in [0.25, 0.3) is 0 Å². The molecule has 4 rings (SSSR count). The van der Waals surface area contributed by atoms with E-state index in [1.807, 2.05) is 73.7 Å². The number of carbonyl (C=O) groups is 2. The number of unbranched alkanes of at least 4 members (excludes halogenated alkanes) is 1. The number of hydrogen-bond donors (Lipinski definition) is 1. The van der Waals surface area contributed by atoms with Gasteiger partial charge in [-0.2, -0.15) is 0 Å². The molecule has 38 heavy (non-hydrogen) atoms. The van der Waals surface area contributed by atoms with E-state index in [-0.39, 0.29) is 11.8 Å². The summed E-state index contributed by atoms with van der Waals surface area (Å²) in [5.41, 5.74) is 4.16. The minimum absolute atomic E-state index is 0.0482. The van der Waals surface area contributed by atoms with Gasteiger partial charge in [0.25, 0.3) is 0 Å². The van der Waals surface area contributed by atoms with Crippen molar-refractivity contribution in [1.29, 1.82) is 0 Å². The molecule has 1 atom stereocenters. The molecule has 0 aromatic heterocycles. The van der Waals surface area contributed by atoms with Crippen molar-refractivity contribution in [3.8, 4) is 11.5 Å². The number of nitrogens with zero attached hydrogens (tertiary/aromatic N) is 1. The lowest BCUT2D eigenvalue weighted by atomic mass is 10.0. The first-order valence-electron chi connectivity index (χ1n) is 13.6. The highest BCUT2D eigenvalue weighted by Gasteiger charge is 2.30. The Kier molecular flexibility index (Phi) is 9.79. The van der Waals surface area contributed by atoms with Crippen LogP contribution in [-0.4, -0.2) is 42.5 Å². The Morgan fingerprint density at radius 1 is 0.895 bits per heavy atom. The van der Waals surface area contributed by atoms with Crippen LogP contribution in [0.15, 0.2) is 72.8 Å². The fourth-order valence-electron chi connectivity index (χ4n) is 4.71. The third kappa shape index (κ3) is 7.60. The average Bonchev–Trinajstić information content (AvgIpc) is 2.94. The van der Waals surface area contributed by atoms with Crippen molar-refractivity contribution < 1.29 is 19.1 Å². The molecule has 3 aromatic rings. The number of aryl methyl sites for hydroxylation is 2. The molecule has 0 fully saturated rings. The summed E-state index contributed by atoms with van der Waals surface area (Å²) in [5, 5.41) is 3.08. The monoisotopic (exact) mass is 514 g/mol. The van der Waals surface area contributed by atoms with Crippen molar-refractivity contribution in [2.45, 2.75) is 58.5 Å². The Hall–Kier alpha value is -3.80. The maximum Gasteiger partial charge on any atom is 0.243 e. The van der Waals surface area contributed by atoms with Gasteiger partial charge in [-0.25, -0.2) is 0 Å². The summed E-state index contributed by atoms with van der Waals surface area (Å²) in [6, 6.07) is 23.3. The summed E-state index contributed by atoms with van der Waals surface area (Å²) < 4.78 is 11.3. The van der Waals surface area contributed by atoms with Crippen molar-refractivity contribution in [2.75, 3.05) is 19.8 Å². The molecule has 1 unspecified atom stereocenters. The average molecular weight is 515 g/mol. The number of amides is 2. The first-order valence-corrected chi connectivity index (χ1v) is 13.6. The van der Waals surface area contributed by atoms with E-state index >= 15 is 0 Å². The summed E-state index contributed by atoms with van der Waals surface area (Å²) in [7, 11) is 0. The molecule has 0 saturated heterocycles. The van der Waals surface area contributed by atoms with Crippen LogP contribution in [0.4, 0.5) is 0 Å². The Morgan fingerprint density at radius 2 is 1.66 bits per heavy atom. The van der Waals surface area contributed by atoms with Crippen LogP contribution < -0.4 is 14.8 Å². The van der Waals surface area contributed by atoms with Gasteiger partial charge in [0.05, 0.1) is 0 Å². The van der Waals surface area contributed by atoms with Gasteiger partial charge in [-0.3, -0.25) is 9.59 Å². The molecule has 0 bridgehead atoms. The molecule has 1 aliphatic heterocycles. The predicted octanol–water partition coefficient (Wildman–Crippen LogP) is 5.26. The SMILES string of the molecule is CCCCNC(=O)C(Cc1ccccc1)N(Cc1cccc(C)c1)C(=O)CCc1ccc2c(c1)OCCO2. The molecular weight excluding hydrogens is 476 g/mol. The molecule has 3 aromatic carbocycles. The molecular formula is C32H38N2O4. The first-order chi connectivity index (χ1) is 18.5. The Balaban J connectivity index is 1.57. The maximum absolute atomic E-state index is 13.9. The number of ether oxygens (including phenoxy) is 2. The number of rotatable bonds is 12. The Bertz CT molecular complexity index is 1210. The largest absolute Gasteiger partial charge is 0.486 e. The lowest BCUT2D eigenvalue weighted by Crippen LogP contribution is -2.50. The van der Waals surface area contributed by atoms with Crippen LogP contribution in [0.2, 0.25) is 0 Å². The number of hydrogen-bond acceptors (Lipinski definition) is 4. The molecule has 6 nitrogen and oxygen atoms in total. The van der Waals surface area contributed by atoms with Crippen LogP contribution in [0.1, 0.15) is 48.4 Å². The highest BCUT2D eigenvalue weighted by molar-refractivity contribution is 5.88. The molecule has 200 valence electrons. The molecule has 0 saturated carbocycles. The third-order valence-electron chi connectivity index (χ3n) is 6.77. The third-order valence-corrected chi connectivity index (χ3v) is 6.77. The van der Waals surface area contributed by atoms with Gasteiger partial charge < -0.3 is 19.7 Å². The molecule has 0 aliphatic carbocycles. The van der Waals surface area contributed by atoms with Gasteiger partial charge in [-0.05, 0) is 48.6 Å². The fraction of sp³-hybridized carbons (Fsp3) is 0.375. The summed E-state index contributed by atoms with van der Waals surface area (Å²) in [4.78, 5) is 29.1. The quantitative estimate of drug-likeness (QED) is 0.335. The molecule has 2 amide bonds. The van der Waals surface area contributed by atoms with Crippen molar-refractivity contribution in [2.24, 2.45) is 0 Å². The lowest BCUT2D eigenvalue weighted by Gasteiger charge is -2.32. The van der Waals surface area contributed by atoms with E-state index in [4.69, 9.17) is 9.47 Å². The summed E-state index contributed by atoms with van der Waals surface area (Å²) in [6.45, 7) is 6.18. The number of fused-ring (bicyclic) bond motifs is 1. The molecule has 6 heteroatoms. The van der Waals surface area contributed by atoms with Crippen molar-refractivity contribution in [1.82, 2.24) is 10.2 Å². The van der Waals surface area contributed by atoms with Gasteiger partial charge in [-0.1, -0.05) is 79.6 Å². The topological polar surface area (TPSA) is 67.9 Å². The minimum atomic E-state index is -0.609. The lowest BCUT2D eigenvalue weighted by molar-refractivity contribution is -0.141. The predicted molar refractivity (Wildman–Crippen MR) is 149 cm³/mol. The minimum Gasteiger partial charge on any atom is -0.486 e. The summed E-state index contributed by atoms with van der Waals surface area (Å²) >= 11 is 0. The number of nitrogens with one attached hydrogen (secondary N) is 1. The van der Waals surface area contributed by atoms with E-state index < -0.39 is 6.04 Å². The van der Waals surface area contributed by atoms with Crippen LogP contribution in [0, 0.1) is 6.92 Å². The first kappa shape index (κ1) is 27.2. The number of benzene rings is 3. The molecule has 0 radical (unpaired) electrons. The second-order valence-electron chi connectivity index (χ2n) is 9.84. The molecule has 1 aliphatic rings. The van der Waals surface area contributed by atoms with E-state index in [1.165, 1.54) is 0 Å². The van der Waals surface area contributed by atoms with E-state index in [2.05, 4.69) is 18.3 Å². The molecule has 1 N–H and O–H groups in total. The van der Waals surface area contributed by atoms with Gasteiger partial charge in [0.1, 0.15) is 19.3 Å². The van der Waals surface area contributed by atoms with Crippen LogP contribution in [0.5, 0.6) is 11.5 Å². The van der Waals surface area contributed by atoms with Gasteiger partial charge in [-0.15, -0.1) is 0 Å². The highest BCUT2D eigenvalue weighted by Crippen LogP contribution is 2.31. The van der Waals surface area contributed by atoms with Gasteiger partial charge >= 0.3 is 0 Å². The standard InChI is InChI=1S/C32H38N2O4/c1-3-4-17-33-32(36)28(21-25-10-6-5-7-11-25)34(23-27-12-8-9-24(2)20-27)31(35)16-14-26-13-15-29-30(22-26)38-19-18-37-29/h5-13,15,20,22,28H,3-4,14,16-19,21,23H2,1-2H3,(H,33,36). The Morgan fingerprint density at radius 3 is 2.42 bits per heavy atom. The zero-order valence-corrected chi connectivity index (χ0v) is 22.4. The van der Waals surface area contributed by atoms with Crippen molar-refractivity contribution >= 4 is 11.8 Å². The van der Waals surface area contributed by atoms with Gasteiger partial charge in [0.15, 0.2) is 11.5 Å². The second kappa shape index (κ2) is 13.7. The smallest absolute Gasteiger partial charge is 0.243 e. The van der Waals surface area contributed by atoms with E-state index in [1.54, 1.807) is 4.90 Å². The molecule has 1 heterocycles. The van der Waals surface area contributed by atoms with Crippen molar-refractivity contribution in [3.05, 3.63) is 95.1 Å². The molecule has 0 spiro atoms. The van der Waals surface area contributed by atoms with Crippen LogP contribution >= 0.6 is 0 Å². The van der Waals surface area contributed by atoms with Gasteiger partial charge in [0, 0.05) is 25.9 Å². The maximum atomic E-state index is 13.9. The second-order valence-corrected chi connectivity index (χ2v) is 9.84. The van der Waals surface area contributed by atoms with E-state index in [0.29, 0.717) is 45.6 Å². The number of carbonyl (C=O) groups excluding carboxylic acids is 2. The summed E-state index contributed by atoms with van der Waals surface area (Å²) in [5.74, 6) is 1.30. The highest BCUT2D eigenvalue weighted by atomic mass is 16.6. The van der Waals surface area contributed by atoms with Crippen molar-refractivity contribution in [3.63, 3.8) is 0 Å². The summed E-state index contributed by atoms with van der Waals surface area (Å²) in [6.07, 6.45) is 3.19. The normalized spacial score (nSPS) is 13.0.